The molecule has 0 amide bonds. The maximum atomic E-state index is 9.62. The van der Waals surface area contributed by atoms with Crippen molar-refractivity contribution < 1.29 is 5.11 Å². The summed E-state index contributed by atoms with van der Waals surface area (Å²) in [6.07, 6.45) is 9.15. The number of aliphatic hydroxyl groups excluding tert-OH is 1. The van der Waals surface area contributed by atoms with Crippen LogP contribution in [0.3, 0.4) is 0 Å². The summed E-state index contributed by atoms with van der Waals surface area (Å²) in [5.74, 6) is 1.11. The van der Waals surface area contributed by atoms with Gasteiger partial charge < -0.3 is 5.11 Å². The topological polar surface area (TPSA) is 20.2 Å². The Morgan fingerprint density at radius 3 is 1.87 bits per heavy atom. The van der Waals surface area contributed by atoms with Gasteiger partial charge in [-0.15, -0.1) is 0 Å². The van der Waals surface area contributed by atoms with Crippen molar-refractivity contribution in [3.05, 3.63) is 0 Å². The highest BCUT2D eigenvalue weighted by atomic mass is 16.3. The molecule has 15 heavy (non-hydrogen) atoms. The summed E-state index contributed by atoms with van der Waals surface area (Å²) >= 11 is 0. The summed E-state index contributed by atoms with van der Waals surface area (Å²) in [4.78, 5) is 0. The van der Waals surface area contributed by atoms with Crippen molar-refractivity contribution in [1.82, 2.24) is 0 Å². The number of aliphatic hydroxyl groups is 1. The Hall–Kier alpha value is -0.0400. The van der Waals surface area contributed by atoms with E-state index in [9.17, 15) is 5.11 Å². The standard InChI is InChI=1S/C14H30O/c1-5-6-7-8-9-10-11-14(12(2)3)13(4)15/h12-15H,5-11H2,1-4H3. The monoisotopic (exact) mass is 214 g/mol. The molecule has 92 valence electrons. The molecule has 0 fully saturated rings. The van der Waals surface area contributed by atoms with Crippen LogP contribution in [0.5, 0.6) is 0 Å². The van der Waals surface area contributed by atoms with Gasteiger partial charge in [0.15, 0.2) is 0 Å². The molecule has 0 aromatic rings. The molecule has 1 heteroatoms. The predicted molar refractivity (Wildman–Crippen MR) is 68.0 cm³/mol. The van der Waals surface area contributed by atoms with E-state index in [1.807, 2.05) is 6.92 Å². The second kappa shape index (κ2) is 9.21. The lowest BCUT2D eigenvalue weighted by Gasteiger charge is -2.23. The summed E-state index contributed by atoms with van der Waals surface area (Å²) in [6, 6.07) is 0. The van der Waals surface area contributed by atoms with Crippen molar-refractivity contribution in [3.63, 3.8) is 0 Å². The van der Waals surface area contributed by atoms with E-state index in [0.717, 1.165) is 0 Å². The maximum Gasteiger partial charge on any atom is 0.0542 e. The van der Waals surface area contributed by atoms with E-state index in [1.165, 1.54) is 44.9 Å². The Bertz CT molecular complexity index is 121. The van der Waals surface area contributed by atoms with Crippen LogP contribution in [0.25, 0.3) is 0 Å². The first kappa shape index (κ1) is 15.0. The molecule has 0 aliphatic rings. The third-order valence-corrected chi connectivity index (χ3v) is 3.37. The summed E-state index contributed by atoms with van der Waals surface area (Å²) < 4.78 is 0. The van der Waals surface area contributed by atoms with E-state index in [-0.39, 0.29) is 6.10 Å². The first-order valence-corrected chi connectivity index (χ1v) is 6.77. The van der Waals surface area contributed by atoms with Crippen LogP contribution in [-0.2, 0) is 0 Å². The Morgan fingerprint density at radius 2 is 1.40 bits per heavy atom. The molecule has 2 unspecified atom stereocenters. The Kier molecular flexibility index (Phi) is 9.18. The second-order valence-corrected chi connectivity index (χ2v) is 5.20. The first-order valence-electron chi connectivity index (χ1n) is 6.77. The van der Waals surface area contributed by atoms with E-state index in [1.54, 1.807) is 0 Å². The highest BCUT2D eigenvalue weighted by molar-refractivity contribution is 4.68. The van der Waals surface area contributed by atoms with Gasteiger partial charge in [0.05, 0.1) is 6.10 Å². The first-order chi connectivity index (χ1) is 7.09. The minimum Gasteiger partial charge on any atom is -0.393 e. The van der Waals surface area contributed by atoms with E-state index in [0.29, 0.717) is 11.8 Å². The van der Waals surface area contributed by atoms with Crippen LogP contribution in [0.2, 0.25) is 0 Å². The minimum atomic E-state index is -0.138. The molecule has 2 atom stereocenters. The zero-order valence-electron chi connectivity index (χ0n) is 11.1. The normalized spacial score (nSPS) is 15.6. The van der Waals surface area contributed by atoms with Crippen LogP contribution in [0.1, 0.15) is 72.6 Å². The number of unbranched alkanes of at least 4 members (excludes halogenated alkanes) is 5. The van der Waals surface area contributed by atoms with E-state index in [4.69, 9.17) is 0 Å². The maximum absolute atomic E-state index is 9.62. The van der Waals surface area contributed by atoms with Gasteiger partial charge in [-0.1, -0.05) is 59.3 Å². The second-order valence-electron chi connectivity index (χ2n) is 5.20. The molecule has 0 saturated heterocycles. The lowest BCUT2D eigenvalue weighted by molar-refractivity contribution is 0.0900. The van der Waals surface area contributed by atoms with Crippen molar-refractivity contribution in [2.75, 3.05) is 0 Å². The fourth-order valence-corrected chi connectivity index (χ4v) is 2.29. The SMILES string of the molecule is CCCCCCCCC(C(C)C)C(C)O. The average Bonchev–Trinajstić information content (AvgIpc) is 2.15. The summed E-state index contributed by atoms with van der Waals surface area (Å²) in [7, 11) is 0. The van der Waals surface area contributed by atoms with Crippen molar-refractivity contribution in [3.8, 4) is 0 Å². The quantitative estimate of drug-likeness (QED) is 0.564. The fraction of sp³-hybridized carbons (Fsp3) is 1.00. The molecule has 0 radical (unpaired) electrons. The van der Waals surface area contributed by atoms with Gasteiger partial charge in [-0.05, 0) is 25.2 Å². The molecule has 1 N–H and O–H groups in total. The van der Waals surface area contributed by atoms with Crippen molar-refractivity contribution >= 4 is 0 Å². The lowest BCUT2D eigenvalue weighted by Crippen LogP contribution is -2.22. The summed E-state index contributed by atoms with van der Waals surface area (Å²) in [5, 5.41) is 9.62. The molecular weight excluding hydrogens is 184 g/mol. The molecule has 1 nitrogen and oxygen atoms in total. The van der Waals surface area contributed by atoms with Gasteiger partial charge in [0.2, 0.25) is 0 Å². The van der Waals surface area contributed by atoms with Crippen LogP contribution in [0, 0.1) is 11.8 Å². The number of hydrogen-bond donors (Lipinski definition) is 1. The Morgan fingerprint density at radius 1 is 0.867 bits per heavy atom. The van der Waals surface area contributed by atoms with Crippen LogP contribution in [-0.4, -0.2) is 11.2 Å². The van der Waals surface area contributed by atoms with Crippen molar-refractivity contribution in [2.24, 2.45) is 11.8 Å². The molecule has 0 aliphatic heterocycles. The van der Waals surface area contributed by atoms with E-state index >= 15 is 0 Å². The third-order valence-electron chi connectivity index (χ3n) is 3.37. The van der Waals surface area contributed by atoms with Crippen molar-refractivity contribution in [1.29, 1.82) is 0 Å². The average molecular weight is 214 g/mol. The third kappa shape index (κ3) is 7.84. The molecule has 0 saturated carbocycles. The van der Waals surface area contributed by atoms with Gasteiger partial charge in [0, 0.05) is 0 Å². The Balaban J connectivity index is 3.46. The van der Waals surface area contributed by atoms with Gasteiger partial charge in [-0.3, -0.25) is 0 Å². The minimum absolute atomic E-state index is 0.138. The molecule has 0 spiro atoms. The molecule has 0 heterocycles. The van der Waals surface area contributed by atoms with Gasteiger partial charge in [-0.2, -0.15) is 0 Å². The highest BCUT2D eigenvalue weighted by Gasteiger charge is 2.17. The summed E-state index contributed by atoms with van der Waals surface area (Å²) in [5.41, 5.74) is 0. The number of rotatable bonds is 9. The molecule has 0 aromatic carbocycles. The molecule has 0 rings (SSSR count). The largest absolute Gasteiger partial charge is 0.393 e. The molecule has 0 bridgehead atoms. The molecule has 0 aromatic heterocycles. The van der Waals surface area contributed by atoms with Gasteiger partial charge >= 0.3 is 0 Å². The van der Waals surface area contributed by atoms with Crippen molar-refractivity contribution in [2.45, 2.75) is 78.7 Å². The Labute approximate surface area is 96.3 Å². The predicted octanol–water partition coefficient (Wildman–Crippen LogP) is 4.39. The molecule has 0 aliphatic carbocycles. The van der Waals surface area contributed by atoms with Crippen LogP contribution in [0.15, 0.2) is 0 Å². The zero-order valence-corrected chi connectivity index (χ0v) is 11.1. The van der Waals surface area contributed by atoms with E-state index < -0.39 is 0 Å². The van der Waals surface area contributed by atoms with E-state index in [2.05, 4.69) is 20.8 Å². The number of hydrogen-bond acceptors (Lipinski definition) is 1. The molecular formula is C14H30O. The summed E-state index contributed by atoms with van der Waals surface area (Å²) in [6.45, 7) is 8.62. The highest BCUT2D eigenvalue weighted by Crippen LogP contribution is 2.22. The zero-order chi connectivity index (χ0) is 11.7. The fourth-order valence-electron chi connectivity index (χ4n) is 2.29. The van der Waals surface area contributed by atoms with Gasteiger partial charge in [-0.25, -0.2) is 0 Å². The van der Waals surface area contributed by atoms with Crippen LogP contribution in [0.4, 0.5) is 0 Å². The lowest BCUT2D eigenvalue weighted by atomic mass is 9.86. The van der Waals surface area contributed by atoms with Gasteiger partial charge in [0.1, 0.15) is 0 Å². The van der Waals surface area contributed by atoms with Crippen LogP contribution >= 0.6 is 0 Å². The van der Waals surface area contributed by atoms with Crippen LogP contribution < -0.4 is 0 Å². The smallest absolute Gasteiger partial charge is 0.0542 e. The van der Waals surface area contributed by atoms with Gasteiger partial charge in [0.25, 0.3) is 0 Å².